The molecule has 0 fully saturated rings. The number of methoxy groups -OCH3 is 2. The van der Waals surface area contributed by atoms with Crippen LogP contribution in [0.4, 0.5) is 5.69 Å². The molecule has 0 atom stereocenters. The standard InChI is InChI=1S/C21H23BrN4O3S/c1-4-26-19(12-14-9-10-17(28-2)18(11-14)29-3)24-25-21(26)30-13-20(27)23-16-8-6-5-7-15(16)22/h5-11H,4,12-13H2,1-3H3,(H,23,27). The number of thioether (sulfide) groups is 1. The Morgan fingerprint density at radius 2 is 1.90 bits per heavy atom. The molecule has 1 N–H and O–H groups in total. The van der Waals surface area contributed by atoms with Gasteiger partial charge in [0.05, 0.1) is 25.7 Å². The molecular formula is C21H23BrN4O3S. The highest BCUT2D eigenvalue weighted by Gasteiger charge is 2.15. The maximum atomic E-state index is 12.3. The molecule has 0 unspecified atom stereocenters. The SMILES string of the molecule is CCn1c(Cc2ccc(OC)c(OC)c2)nnc1SCC(=O)Nc1ccccc1Br. The zero-order chi connectivity index (χ0) is 21.5. The second-order valence-corrected chi connectivity index (χ2v) is 8.12. The van der Waals surface area contributed by atoms with E-state index in [4.69, 9.17) is 9.47 Å². The molecule has 0 aliphatic rings. The van der Waals surface area contributed by atoms with Crippen LogP contribution in [0, 0.1) is 0 Å². The highest BCUT2D eigenvalue weighted by atomic mass is 79.9. The van der Waals surface area contributed by atoms with Gasteiger partial charge in [0.25, 0.3) is 0 Å². The Kier molecular flexibility index (Phi) is 7.75. The fourth-order valence-electron chi connectivity index (χ4n) is 2.93. The molecule has 30 heavy (non-hydrogen) atoms. The predicted octanol–water partition coefficient (Wildman–Crippen LogP) is 4.40. The first-order valence-electron chi connectivity index (χ1n) is 9.35. The predicted molar refractivity (Wildman–Crippen MR) is 122 cm³/mol. The van der Waals surface area contributed by atoms with Gasteiger partial charge in [-0.1, -0.05) is 30.0 Å². The molecule has 0 bridgehead atoms. The minimum atomic E-state index is -0.0982. The summed E-state index contributed by atoms with van der Waals surface area (Å²) >= 11 is 4.80. The number of amides is 1. The van der Waals surface area contributed by atoms with Crippen molar-refractivity contribution in [3.05, 3.63) is 58.3 Å². The number of para-hydroxylation sites is 1. The lowest BCUT2D eigenvalue weighted by molar-refractivity contribution is -0.113. The number of halogens is 1. The Morgan fingerprint density at radius 3 is 2.60 bits per heavy atom. The number of nitrogens with zero attached hydrogens (tertiary/aromatic N) is 3. The molecule has 1 heterocycles. The largest absolute Gasteiger partial charge is 0.493 e. The maximum absolute atomic E-state index is 12.3. The summed E-state index contributed by atoms with van der Waals surface area (Å²) in [4.78, 5) is 12.3. The van der Waals surface area contributed by atoms with Crippen LogP contribution >= 0.6 is 27.7 Å². The smallest absolute Gasteiger partial charge is 0.234 e. The number of aromatic nitrogens is 3. The van der Waals surface area contributed by atoms with Gasteiger partial charge in [0.15, 0.2) is 16.7 Å². The first-order valence-corrected chi connectivity index (χ1v) is 11.1. The second kappa shape index (κ2) is 10.5. The van der Waals surface area contributed by atoms with Crippen molar-refractivity contribution in [2.75, 3.05) is 25.3 Å². The monoisotopic (exact) mass is 490 g/mol. The molecule has 0 aliphatic heterocycles. The molecule has 3 aromatic rings. The molecule has 7 nitrogen and oxygen atoms in total. The summed E-state index contributed by atoms with van der Waals surface area (Å²) in [6.07, 6.45) is 0.602. The van der Waals surface area contributed by atoms with E-state index >= 15 is 0 Å². The highest BCUT2D eigenvalue weighted by Crippen LogP contribution is 2.29. The van der Waals surface area contributed by atoms with Crippen molar-refractivity contribution in [3.63, 3.8) is 0 Å². The summed E-state index contributed by atoms with van der Waals surface area (Å²) < 4.78 is 13.5. The molecule has 3 rings (SSSR count). The zero-order valence-corrected chi connectivity index (χ0v) is 19.4. The van der Waals surface area contributed by atoms with Gasteiger partial charge in [0, 0.05) is 17.4 Å². The van der Waals surface area contributed by atoms with Gasteiger partial charge in [-0.05, 0) is 52.7 Å². The average Bonchev–Trinajstić information content (AvgIpc) is 3.15. The van der Waals surface area contributed by atoms with Crippen LogP contribution in [0.5, 0.6) is 11.5 Å². The van der Waals surface area contributed by atoms with Crippen LogP contribution in [0.25, 0.3) is 0 Å². The molecule has 0 spiro atoms. The molecule has 0 radical (unpaired) electrons. The van der Waals surface area contributed by atoms with Crippen LogP contribution < -0.4 is 14.8 Å². The number of nitrogens with one attached hydrogen (secondary N) is 1. The molecule has 2 aromatic carbocycles. The fourth-order valence-corrected chi connectivity index (χ4v) is 4.13. The quantitative estimate of drug-likeness (QED) is 0.447. The van der Waals surface area contributed by atoms with Crippen LogP contribution in [0.1, 0.15) is 18.3 Å². The van der Waals surface area contributed by atoms with E-state index in [0.717, 1.165) is 26.7 Å². The molecular weight excluding hydrogens is 468 g/mol. The lowest BCUT2D eigenvalue weighted by Crippen LogP contribution is -2.15. The highest BCUT2D eigenvalue weighted by molar-refractivity contribution is 9.10. The normalized spacial score (nSPS) is 10.7. The minimum Gasteiger partial charge on any atom is -0.493 e. The topological polar surface area (TPSA) is 78.3 Å². The van der Waals surface area contributed by atoms with Crippen molar-refractivity contribution in [3.8, 4) is 11.5 Å². The van der Waals surface area contributed by atoms with Crippen molar-refractivity contribution in [1.82, 2.24) is 14.8 Å². The first kappa shape index (κ1) is 22.2. The summed E-state index contributed by atoms with van der Waals surface area (Å²) in [6, 6.07) is 13.3. The van der Waals surface area contributed by atoms with Gasteiger partial charge in [0.2, 0.25) is 5.91 Å². The van der Waals surface area contributed by atoms with Gasteiger partial charge in [-0.3, -0.25) is 4.79 Å². The molecule has 0 aliphatic carbocycles. The van der Waals surface area contributed by atoms with E-state index < -0.39 is 0 Å². The first-order chi connectivity index (χ1) is 14.5. The summed E-state index contributed by atoms with van der Waals surface area (Å²) in [5.41, 5.74) is 1.78. The van der Waals surface area contributed by atoms with Gasteiger partial charge >= 0.3 is 0 Å². The third-order valence-corrected chi connectivity index (χ3v) is 6.06. The fraction of sp³-hybridized carbons (Fsp3) is 0.286. The van der Waals surface area contributed by atoms with Crippen LogP contribution in [-0.4, -0.2) is 40.6 Å². The Hall–Kier alpha value is -2.52. The van der Waals surface area contributed by atoms with Gasteiger partial charge in [0.1, 0.15) is 5.82 Å². The van der Waals surface area contributed by atoms with Crippen molar-refractivity contribution >= 4 is 39.3 Å². The number of anilines is 1. The summed E-state index contributed by atoms with van der Waals surface area (Å²) in [6.45, 7) is 2.75. The van der Waals surface area contributed by atoms with E-state index in [1.165, 1.54) is 11.8 Å². The maximum Gasteiger partial charge on any atom is 0.234 e. The number of hydrogen-bond acceptors (Lipinski definition) is 6. The Bertz CT molecular complexity index is 1030. The van der Waals surface area contributed by atoms with Gasteiger partial charge in [-0.25, -0.2) is 0 Å². The number of carbonyl (C=O) groups excluding carboxylic acids is 1. The van der Waals surface area contributed by atoms with E-state index in [9.17, 15) is 4.79 Å². The Labute approximate surface area is 188 Å². The summed E-state index contributed by atoms with van der Waals surface area (Å²) in [5.74, 6) is 2.34. The lowest BCUT2D eigenvalue weighted by Gasteiger charge is -2.11. The van der Waals surface area contributed by atoms with Gasteiger partial charge in [-0.15, -0.1) is 10.2 Å². The van der Waals surface area contributed by atoms with E-state index in [2.05, 4.69) is 31.4 Å². The third-order valence-electron chi connectivity index (χ3n) is 4.40. The second-order valence-electron chi connectivity index (χ2n) is 6.33. The van der Waals surface area contributed by atoms with Gasteiger partial charge < -0.3 is 19.4 Å². The number of benzene rings is 2. The van der Waals surface area contributed by atoms with Crippen molar-refractivity contribution in [1.29, 1.82) is 0 Å². The molecule has 9 heteroatoms. The molecule has 0 saturated heterocycles. The van der Waals surface area contributed by atoms with Crippen molar-refractivity contribution in [2.24, 2.45) is 0 Å². The van der Waals surface area contributed by atoms with E-state index in [-0.39, 0.29) is 11.7 Å². The molecule has 158 valence electrons. The minimum absolute atomic E-state index is 0.0982. The lowest BCUT2D eigenvalue weighted by atomic mass is 10.1. The van der Waals surface area contributed by atoms with Crippen LogP contribution in [0.3, 0.4) is 0 Å². The van der Waals surface area contributed by atoms with E-state index in [1.54, 1.807) is 14.2 Å². The van der Waals surface area contributed by atoms with Crippen LogP contribution in [-0.2, 0) is 17.8 Å². The van der Waals surface area contributed by atoms with E-state index in [1.807, 2.05) is 54.0 Å². The number of hydrogen-bond donors (Lipinski definition) is 1. The molecule has 1 amide bonds. The van der Waals surface area contributed by atoms with Crippen LogP contribution in [0.2, 0.25) is 0 Å². The number of carbonyl (C=O) groups is 1. The number of ether oxygens (including phenoxy) is 2. The van der Waals surface area contributed by atoms with Crippen LogP contribution in [0.15, 0.2) is 52.1 Å². The van der Waals surface area contributed by atoms with E-state index in [0.29, 0.717) is 24.5 Å². The average molecular weight is 491 g/mol. The number of rotatable bonds is 9. The van der Waals surface area contributed by atoms with Crippen molar-refractivity contribution < 1.29 is 14.3 Å². The van der Waals surface area contributed by atoms with Crippen molar-refractivity contribution in [2.45, 2.75) is 25.0 Å². The molecule has 0 saturated carbocycles. The Balaban J connectivity index is 1.67. The summed E-state index contributed by atoms with van der Waals surface area (Å²) in [7, 11) is 3.23. The molecule has 1 aromatic heterocycles. The zero-order valence-electron chi connectivity index (χ0n) is 17.0. The third kappa shape index (κ3) is 5.34. The summed E-state index contributed by atoms with van der Waals surface area (Å²) in [5, 5.41) is 12.2. The van der Waals surface area contributed by atoms with Gasteiger partial charge in [-0.2, -0.15) is 0 Å². The Morgan fingerprint density at radius 1 is 1.13 bits per heavy atom.